The fourth-order valence-corrected chi connectivity index (χ4v) is 2.25. The molecular formula is C10H18N2. The van der Waals surface area contributed by atoms with E-state index in [1.54, 1.807) is 0 Å². The van der Waals surface area contributed by atoms with Crippen LogP contribution in [0.5, 0.6) is 0 Å². The summed E-state index contributed by atoms with van der Waals surface area (Å²) in [7, 11) is 0. The smallest absolute Gasteiger partial charge is 0.0635 e. The van der Waals surface area contributed by atoms with Gasteiger partial charge in [0, 0.05) is 25.0 Å². The molecule has 1 aliphatic heterocycles. The third kappa shape index (κ3) is 1.98. The summed E-state index contributed by atoms with van der Waals surface area (Å²) in [6, 6.07) is 2.21. The predicted molar refractivity (Wildman–Crippen MR) is 49.7 cm³/mol. The van der Waals surface area contributed by atoms with Crippen molar-refractivity contribution in [3.63, 3.8) is 0 Å². The minimum atomic E-state index is 0.316. The van der Waals surface area contributed by atoms with Crippen LogP contribution in [0.4, 0.5) is 0 Å². The van der Waals surface area contributed by atoms with Crippen molar-refractivity contribution in [2.75, 3.05) is 13.1 Å². The molecule has 68 valence electrons. The highest BCUT2D eigenvalue weighted by Crippen LogP contribution is 2.31. The molecule has 1 rings (SSSR count). The molecule has 0 aliphatic carbocycles. The first kappa shape index (κ1) is 9.54. The molecule has 1 saturated heterocycles. The Morgan fingerprint density at radius 1 is 1.58 bits per heavy atom. The van der Waals surface area contributed by atoms with Crippen LogP contribution in [0.15, 0.2) is 0 Å². The zero-order valence-electron chi connectivity index (χ0n) is 8.30. The maximum atomic E-state index is 8.49. The van der Waals surface area contributed by atoms with Gasteiger partial charge in [0.2, 0.25) is 0 Å². The van der Waals surface area contributed by atoms with Gasteiger partial charge >= 0.3 is 0 Å². The molecule has 0 radical (unpaired) electrons. The topological polar surface area (TPSA) is 27.0 Å². The van der Waals surface area contributed by atoms with Crippen molar-refractivity contribution in [3.8, 4) is 6.07 Å². The van der Waals surface area contributed by atoms with E-state index in [0.29, 0.717) is 12.0 Å². The van der Waals surface area contributed by atoms with Gasteiger partial charge in [0.1, 0.15) is 0 Å². The van der Waals surface area contributed by atoms with Crippen molar-refractivity contribution >= 4 is 0 Å². The lowest BCUT2D eigenvalue weighted by Crippen LogP contribution is -2.38. The average Bonchev–Trinajstić information content (AvgIpc) is 2.20. The Kier molecular flexibility index (Phi) is 2.74. The van der Waals surface area contributed by atoms with Gasteiger partial charge in [-0.05, 0) is 26.2 Å². The van der Waals surface area contributed by atoms with E-state index in [2.05, 4.69) is 31.7 Å². The van der Waals surface area contributed by atoms with E-state index in [0.717, 1.165) is 19.0 Å². The Morgan fingerprint density at radius 3 is 2.67 bits per heavy atom. The van der Waals surface area contributed by atoms with Crippen LogP contribution in [-0.4, -0.2) is 23.5 Å². The molecular weight excluding hydrogens is 148 g/mol. The molecule has 1 heterocycles. The van der Waals surface area contributed by atoms with Crippen molar-refractivity contribution in [1.82, 2.24) is 4.90 Å². The minimum absolute atomic E-state index is 0.316. The van der Waals surface area contributed by atoms with Crippen LogP contribution in [0.3, 0.4) is 0 Å². The summed E-state index contributed by atoms with van der Waals surface area (Å²) in [5.41, 5.74) is 0.316. The molecule has 1 unspecified atom stereocenters. The van der Waals surface area contributed by atoms with Gasteiger partial charge in [0.25, 0.3) is 0 Å². The molecule has 1 aliphatic rings. The summed E-state index contributed by atoms with van der Waals surface area (Å²) < 4.78 is 0. The molecule has 0 saturated carbocycles. The second-order valence-corrected chi connectivity index (χ2v) is 4.48. The average molecular weight is 166 g/mol. The van der Waals surface area contributed by atoms with Crippen LogP contribution in [0.2, 0.25) is 0 Å². The maximum Gasteiger partial charge on any atom is 0.0635 e. The first-order valence-corrected chi connectivity index (χ1v) is 4.68. The normalized spacial score (nSPS) is 28.7. The Balaban J connectivity index is 2.48. The van der Waals surface area contributed by atoms with E-state index in [4.69, 9.17) is 5.26 Å². The molecule has 2 nitrogen and oxygen atoms in total. The number of rotatable bonds is 2. The first-order chi connectivity index (χ1) is 5.56. The monoisotopic (exact) mass is 166 g/mol. The Bertz CT molecular complexity index is 191. The molecule has 1 atom stereocenters. The second kappa shape index (κ2) is 3.45. The molecule has 0 aromatic carbocycles. The Hall–Kier alpha value is -0.550. The van der Waals surface area contributed by atoms with Gasteiger partial charge in [-0.15, -0.1) is 0 Å². The van der Waals surface area contributed by atoms with Crippen LogP contribution < -0.4 is 0 Å². The maximum absolute atomic E-state index is 8.49. The zero-order chi connectivity index (χ0) is 9.19. The van der Waals surface area contributed by atoms with Crippen LogP contribution in [0.25, 0.3) is 0 Å². The Morgan fingerprint density at radius 2 is 2.25 bits per heavy atom. The Labute approximate surface area is 75.2 Å². The largest absolute Gasteiger partial charge is 0.297 e. The molecule has 0 aromatic rings. The molecule has 0 amide bonds. The number of nitriles is 1. The van der Waals surface area contributed by atoms with Gasteiger partial charge in [0.05, 0.1) is 6.07 Å². The van der Waals surface area contributed by atoms with Gasteiger partial charge in [-0.2, -0.15) is 5.26 Å². The van der Waals surface area contributed by atoms with E-state index in [9.17, 15) is 0 Å². The predicted octanol–water partition coefficient (Wildman–Crippen LogP) is 2.02. The van der Waals surface area contributed by atoms with Crippen LogP contribution in [-0.2, 0) is 0 Å². The lowest BCUT2D eigenvalue weighted by molar-refractivity contribution is 0.179. The summed E-state index contributed by atoms with van der Waals surface area (Å²) in [6.07, 6.45) is 1.93. The highest BCUT2D eigenvalue weighted by molar-refractivity contribution is 4.92. The van der Waals surface area contributed by atoms with Gasteiger partial charge in [-0.3, -0.25) is 4.90 Å². The third-order valence-electron chi connectivity index (χ3n) is 2.73. The van der Waals surface area contributed by atoms with E-state index in [-0.39, 0.29) is 0 Å². The highest BCUT2D eigenvalue weighted by atomic mass is 15.2. The standard InChI is InChI=1S/C10H18N2/c1-9-7-10(2,3)12(8-9)6-4-5-11/h9H,4,6-8H2,1-3H3. The molecule has 0 bridgehead atoms. The SMILES string of the molecule is CC1CN(CCC#N)C(C)(C)C1. The van der Waals surface area contributed by atoms with E-state index >= 15 is 0 Å². The molecule has 2 heteroatoms. The van der Waals surface area contributed by atoms with Crippen molar-refractivity contribution in [1.29, 1.82) is 5.26 Å². The summed E-state index contributed by atoms with van der Waals surface area (Å²) in [5.74, 6) is 0.790. The summed E-state index contributed by atoms with van der Waals surface area (Å²) in [4.78, 5) is 2.43. The molecule has 0 aromatic heterocycles. The van der Waals surface area contributed by atoms with Crippen molar-refractivity contribution < 1.29 is 0 Å². The second-order valence-electron chi connectivity index (χ2n) is 4.48. The molecule has 0 N–H and O–H groups in total. The number of nitrogens with zero attached hydrogens (tertiary/aromatic N) is 2. The van der Waals surface area contributed by atoms with Crippen molar-refractivity contribution in [3.05, 3.63) is 0 Å². The fourth-order valence-electron chi connectivity index (χ4n) is 2.25. The van der Waals surface area contributed by atoms with Crippen LogP contribution in [0.1, 0.15) is 33.6 Å². The highest BCUT2D eigenvalue weighted by Gasteiger charge is 2.35. The fraction of sp³-hybridized carbons (Fsp3) is 0.900. The van der Waals surface area contributed by atoms with Crippen LogP contribution in [0, 0.1) is 17.2 Å². The number of hydrogen-bond acceptors (Lipinski definition) is 2. The van der Waals surface area contributed by atoms with Gasteiger partial charge in [-0.25, -0.2) is 0 Å². The van der Waals surface area contributed by atoms with Crippen LogP contribution >= 0.6 is 0 Å². The van der Waals surface area contributed by atoms with Crippen molar-refractivity contribution in [2.45, 2.75) is 39.2 Å². The summed E-state index contributed by atoms with van der Waals surface area (Å²) >= 11 is 0. The van der Waals surface area contributed by atoms with E-state index in [1.807, 2.05) is 0 Å². The first-order valence-electron chi connectivity index (χ1n) is 4.68. The van der Waals surface area contributed by atoms with Gasteiger partial charge in [-0.1, -0.05) is 6.92 Å². The molecule has 1 fully saturated rings. The number of hydrogen-bond donors (Lipinski definition) is 0. The molecule has 12 heavy (non-hydrogen) atoms. The lowest BCUT2D eigenvalue weighted by Gasteiger charge is -2.30. The number of likely N-dealkylation sites (tertiary alicyclic amines) is 1. The zero-order valence-corrected chi connectivity index (χ0v) is 8.30. The van der Waals surface area contributed by atoms with E-state index < -0.39 is 0 Å². The molecule has 0 spiro atoms. The van der Waals surface area contributed by atoms with Crippen molar-refractivity contribution in [2.24, 2.45) is 5.92 Å². The van der Waals surface area contributed by atoms with E-state index in [1.165, 1.54) is 6.42 Å². The quantitative estimate of drug-likeness (QED) is 0.627. The summed E-state index contributed by atoms with van der Waals surface area (Å²) in [6.45, 7) is 8.93. The van der Waals surface area contributed by atoms with Gasteiger partial charge in [0.15, 0.2) is 0 Å². The summed E-state index contributed by atoms with van der Waals surface area (Å²) in [5, 5.41) is 8.49. The third-order valence-corrected chi connectivity index (χ3v) is 2.73. The minimum Gasteiger partial charge on any atom is -0.297 e. The van der Waals surface area contributed by atoms with Gasteiger partial charge < -0.3 is 0 Å². The lowest BCUT2D eigenvalue weighted by atomic mass is 9.98.